The lowest BCUT2D eigenvalue weighted by Gasteiger charge is -2.72. The van der Waals surface area contributed by atoms with Crippen molar-refractivity contribution in [3.8, 4) is 0 Å². The highest BCUT2D eigenvalue weighted by atomic mass is 16.5. The molecule has 5 aliphatic rings. The monoisotopic (exact) mass is 482 g/mol. The molecule has 0 unspecified atom stereocenters. The molecule has 5 aliphatic carbocycles. The van der Waals surface area contributed by atoms with E-state index in [2.05, 4.69) is 48.5 Å². The first-order valence-electron chi connectivity index (χ1n) is 14.6. The normalized spacial score (nSPS) is 48.5. The van der Waals surface area contributed by atoms with Crippen LogP contribution in [0.4, 0.5) is 0 Å². The minimum atomic E-state index is -0.168. The molecule has 35 heavy (non-hydrogen) atoms. The number of rotatable bonds is 3. The third-order valence-corrected chi connectivity index (χ3v) is 13.2. The number of carbonyl (C=O) groups excluding carboxylic acids is 2. The van der Waals surface area contributed by atoms with Crippen LogP contribution in [0.1, 0.15) is 120 Å². The molecular weight excluding hydrogens is 432 g/mol. The Balaban J connectivity index is 1.54. The highest BCUT2D eigenvalue weighted by Crippen LogP contribution is 2.76. The third-order valence-electron chi connectivity index (χ3n) is 13.2. The minimum absolute atomic E-state index is 0.00970. The molecule has 4 saturated carbocycles. The Morgan fingerprint density at radius 1 is 0.886 bits per heavy atom. The van der Waals surface area contributed by atoms with E-state index in [0.717, 1.165) is 32.1 Å². The number of aldehydes is 1. The Labute approximate surface area is 214 Å². The maximum absolute atomic E-state index is 12.6. The molecule has 0 bridgehead atoms. The predicted octanol–water partition coefficient (Wildman–Crippen LogP) is 7.92. The van der Waals surface area contributed by atoms with Gasteiger partial charge < -0.3 is 9.53 Å². The molecule has 0 amide bonds. The summed E-state index contributed by atoms with van der Waals surface area (Å²) < 4.78 is 5.89. The van der Waals surface area contributed by atoms with Gasteiger partial charge in [0, 0.05) is 17.8 Å². The minimum Gasteiger partial charge on any atom is -0.462 e. The van der Waals surface area contributed by atoms with Crippen LogP contribution in [0.15, 0.2) is 11.1 Å². The number of hydrogen-bond donors (Lipinski definition) is 0. The Morgan fingerprint density at radius 2 is 1.60 bits per heavy atom. The first-order chi connectivity index (χ1) is 16.3. The summed E-state index contributed by atoms with van der Waals surface area (Å²) in [5.74, 6) is 2.26. The fourth-order valence-electron chi connectivity index (χ4n) is 11.3. The first kappa shape index (κ1) is 25.5. The fraction of sp³-hybridized carbons (Fsp3) is 0.875. The van der Waals surface area contributed by atoms with Crippen LogP contribution >= 0.6 is 0 Å². The van der Waals surface area contributed by atoms with Crippen molar-refractivity contribution in [2.45, 2.75) is 126 Å². The van der Waals surface area contributed by atoms with Gasteiger partial charge in [-0.25, -0.2) is 0 Å². The van der Waals surface area contributed by atoms with Gasteiger partial charge in [0.25, 0.3) is 0 Å². The summed E-state index contributed by atoms with van der Waals surface area (Å²) in [6.07, 6.45) is 13.0. The van der Waals surface area contributed by atoms with Crippen molar-refractivity contribution in [1.82, 2.24) is 0 Å². The van der Waals surface area contributed by atoms with Crippen molar-refractivity contribution in [2.75, 3.05) is 0 Å². The zero-order chi connectivity index (χ0) is 25.6. The van der Waals surface area contributed by atoms with Gasteiger partial charge in [-0.3, -0.25) is 4.79 Å². The molecule has 3 nitrogen and oxygen atoms in total. The van der Waals surface area contributed by atoms with E-state index in [1.165, 1.54) is 38.4 Å². The van der Waals surface area contributed by atoms with E-state index in [4.69, 9.17) is 4.74 Å². The van der Waals surface area contributed by atoms with E-state index < -0.39 is 0 Å². The number of allylic oxidation sites excluding steroid dienone is 2. The van der Waals surface area contributed by atoms with E-state index in [1.807, 2.05) is 0 Å². The molecule has 0 aromatic rings. The lowest BCUT2D eigenvalue weighted by Crippen LogP contribution is -2.65. The molecule has 0 spiro atoms. The van der Waals surface area contributed by atoms with Gasteiger partial charge in [0.1, 0.15) is 12.4 Å². The van der Waals surface area contributed by atoms with Crippen LogP contribution in [0.5, 0.6) is 0 Å². The maximum Gasteiger partial charge on any atom is 0.302 e. The van der Waals surface area contributed by atoms with Gasteiger partial charge in [0.15, 0.2) is 0 Å². The summed E-state index contributed by atoms with van der Waals surface area (Å²) in [7, 11) is 0. The molecule has 8 atom stereocenters. The average molecular weight is 483 g/mol. The largest absolute Gasteiger partial charge is 0.462 e. The van der Waals surface area contributed by atoms with Crippen molar-refractivity contribution < 1.29 is 14.3 Å². The van der Waals surface area contributed by atoms with Gasteiger partial charge in [-0.1, -0.05) is 59.6 Å². The lowest BCUT2D eigenvalue weighted by molar-refractivity contribution is -0.232. The van der Waals surface area contributed by atoms with E-state index >= 15 is 0 Å². The summed E-state index contributed by atoms with van der Waals surface area (Å²) in [5.41, 5.74) is 3.89. The highest BCUT2D eigenvalue weighted by molar-refractivity contribution is 5.69. The van der Waals surface area contributed by atoms with Gasteiger partial charge in [-0.05, 0) is 104 Å². The van der Waals surface area contributed by atoms with E-state index in [-0.39, 0.29) is 39.1 Å². The van der Waals surface area contributed by atoms with Crippen LogP contribution in [0.3, 0.4) is 0 Å². The Kier molecular flexibility index (Phi) is 5.79. The number of hydrogen-bond acceptors (Lipinski definition) is 3. The Bertz CT molecular complexity index is 944. The molecule has 0 heterocycles. The number of fused-ring (bicyclic) bond motifs is 7. The standard InChI is InChI=1S/C32H50O3/c1-20(2)22-11-16-32(19-33)18-17-30(7)23(27(22)32)9-10-25-29(6)14-13-26(35-21(3)34)28(4,5)24(29)12-15-31(25,30)8/h19-20,23-26H,9-18H2,1-8H3/t23-,24-,25-,26+,29+,30-,31-,32-/m1/s1. The number of carbonyl (C=O) groups is 2. The van der Waals surface area contributed by atoms with Crippen LogP contribution in [0.2, 0.25) is 0 Å². The molecule has 196 valence electrons. The van der Waals surface area contributed by atoms with Crippen molar-refractivity contribution in [3.05, 3.63) is 11.1 Å². The zero-order valence-electron chi connectivity index (χ0n) is 23.8. The van der Waals surface area contributed by atoms with Crippen molar-refractivity contribution >= 4 is 12.3 Å². The topological polar surface area (TPSA) is 43.4 Å². The second-order valence-corrected chi connectivity index (χ2v) is 14.9. The van der Waals surface area contributed by atoms with Crippen molar-refractivity contribution in [2.24, 2.45) is 50.7 Å². The second kappa shape index (κ2) is 7.94. The van der Waals surface area contributed by atoms with E-state index in [0.29, 0.717) is 23.7 Å². The molecule has 0 N–H and O–H groups in total. The third kappa shape index (κ3) is 3.21. The van der Waals surface area contributed by atoms with Gasteiger partial charge >= 0.3 is 5.97 Å². The molecular formula is C32H50O3. The quantitative estimate of drug-likeness (QED) is 0.233. The number of esters is 1. The van der Waals surface area contributed by atoms with E-state index in [1.54, 1.807) is 18.1 Å². The van der Waals surface area contributed by atoms with Crippen molar-refractivity contribution in [3.63, 3.8) is 0 Å². The molecule has 0 aromatic heterocycles. The van der Waals surface area contributed by atoms with Crippen LogP contribution in [-0.4, -0.2) is 18.4 Å². The zero-order valence-corrected chi connectivity index (χ0v) is 23.8. The summed E-state index contributed by atoms with van der Waals surface area (Å²) in [6, 6.07) is 0. The summed E-state index contributed by atoms with van der Waals surface area (Å²) >= 11 is 0. The SMILES string of the molecule is CC(=O)O[C@H]1CC[C@@]2(C)[C@H](CC[C@]3(C)[C@@H]2CC[C@@H]2C4=C(C(C)C)CC[C@]4(C=O)CC[C@]23C)C1(C)C. The van der Waals surface area contributed by atoms with Crippen LogP contribution < -0.4 is 0 Å². The fourth-order valence-corrected chi connectivity index (χ4v) is 11.3. The molecule has 5 rings (SSSR count). The molecule has 4 fully saturated rings. The summed E-state index contributed by atoms with van der Waals surface area (Å²) in [5, 5.41) is 0. The number of ether oxygens (including phenoxy) is 1. The van der Waals surface area contributed by atoms with Gasteiger partial charge in [-0.2, -0.15) is 0 Å². The predicted molar refractivity (Wildman–Crippen MR) is 141 cm³/mol. The van der Waals surface area contributed by atoms with Crippen LogP contribution in [0, 0.1) is 50.7 Å². The lowest BCUT2D eigenvalue weighted by atomic mass is 9.33. The molecule has 0 radical (unpaired) electrons. The molecule has 3 heteroatoms. The highest BCUT2D eigenvalue weighted by Gasteiger charge is 2.69. The molecule has 0 saturated heterocycles. The first-order valence-corrected chi connectivity index (χ1v) is 14.6. The maximum atomic E-state index is 12.6. The second-order valence-electron chi connectivity index (χ2n) is 14.9. The van der Waals surface area contributed by atoms with Gasteiger partial charge in [0.2, 0.25) is 0 Å². The summed E-state index contributed by atoms with van der Waals surface area (Å²) in [4.78, 5) is 24.5. The Hall–Kier alpha value is -1.12. The Morgan fingerprint density at radius 3 is 2.23 bits per heavy atom. The molecule has 0 aliphatic heterocycles. The summed E-state index contributed by atoms with van der Waals surface area (Å²) in [6.45, 7) is 18.9. The smallest absolute Gasteiger partial charge is 0.302 e. The van der Waals surface area contributed by atoms with Crippen molar-refractivity contribution in [1.29, 1.82) is 0 Å². The van der Waals surface area contributed by atoms with Gasteiger partial charge in [-0.15, -0.1) is 0 Å². The average Bonchev–Trinajstić information content (AvgIpc) is 3.16. The molecule has 0 aromatic carbocycles. The van der Waals surface area contributed by atoms with Crippen LogP contribution in [-0.2, 0) is 14.3 Å². The van der Waals surface area contributed by atoms with Crippen LogP contribution in [0.25, 0.3) is 0 Å². The van der Waals surface area contributed by atoms with E-state index in [9.17, 15) is 9.59 Å². The van der Waals surface area contributed by atoms with Gasteiger partial charge in [0.05, 0.1) is 0 Å².